The Labute approximate surface area is 156 Å². The van der Waals surface area contributed by atoms with E-state index in [-0.39, 0.29) is 11.5 Å². The van der Waals surface area contributed by atoms with Crippen LogP contribution in [0.4, 0.5) is 0 Å². The average molecular weight is 352 g/mol. The predicted molar refractivity (Wildman–Crippen MR) is 109 cm³/mol. The van der Waals surface area contributed by atoms with E-state index in [9.17, 15) is 15.3 Å². The zero-order chi connectivity index (χ0) is 19.0. The number of hydrogen-bond donors (Lipinski definition) is 3. The fraction of sp³-hybridized carbons (Fsp3) is 0.304. The minimum Gasteiger partial charge on any atom is -0.508 e. The van der Waals surface area contributed by atoms with Crippen LogP contribution >= 0.6 is 0 Å². The molecule has 0 aliphatic rings. The van der Waals surface area contributed by atoms with Gasteiger partial charge in [0.2, 0.25) is 0 Å². The lowest BCUT2D eigenvalue weighted by atomic mass is 10.0. The summed E-state index contributed by atoms with van der Waals surface area (Å²) in [5, 5.41) is 28.7. The van der Waals surface area contributed by atoms with Gasteiger partial charge in [-0.3, -0.25) is 0 Å². The molecule has 0 saturated heterocycles. The Morgan fingerprint density at radius 1 is 0.808 bits per heavy atom. The zero-order valence-corrected chi connectivity index (χ0v) is 15.5. The highest BCUT2D eigenvalue weighted by molar-refractivity contribution is 5.72. The van der Waals surface area contributed by atoms with E-state index in [1.54, 1.807) is 12.1 Å². The maximum absolute atomic E-state index is 9.69. The maximum Gasteiger partial charge on any atom is 0.119 e. The monoisotopic (exact) mass is 352 g/mol. The second-order valence-corrected chi connectivity index (χ2v) is 7.25. The summed E-state index contributed by atoms with van der Waals surface area (Å²) in [4.78, 5) is 0. The first-order valence-electron chi connectivity index (χ1n) is 9.02. The Balaban J connectivity index is 1.91. The van der Waals surface area contributed by atoms with E-state index >= 15 is 0 Å². The summed E-state index contributed by atoms with van der Waals surface area (Å²) >= 11 is 0. The molecule has 0 atom stereocenters. The van der Waals surface area contributed by atoms with Crippen molar-refractivity contribution >= 4 is 18.2 Å². The van der Waals surface area contributed by atoms with Crippen LogP contribution in [0.15, 0.2) is 48.5 Å². The van der Waals surface area contributed by atoms with Gasteiger partial charge in [-0.25, -0.2) is 0 Å². The van der Waals surface area contributed by atoms with Crippen LogP contribution in [-0.2, 0) is 0 Å². The van der Waals surface area contributed by atoms with Crippen molar-refractivity contribution in [2.24, 2.45) is 0 Å². The Kier molecular flexibility index (Phi) is 7.05. The van der Waals surface area contributed by atoms with Crippen molar-refractivity contribution in [3.8, 4) is 11.5 Å². The van der Waals surface area contributed by atoms with Gasteiger partial charge in [-0.05, 0) is 68.0 Å². The van der Waals surface area contributed by atoms with E-state index in [0.717, 1.165) is 42.4 Å². The summed E-state index contributed by atoms with van der Waals surface area (Å²) in [6.45, 7) is 3.69. The molecule has 0 heterocycles. The molecule has 2 rings (SSSR count). The van der Waals surface area contributed by atoms with Crippen LogP contribution in [0, 0.1) is 0 Å². The average Bonchev–Trinajstić information content (AvgIpc) is 2.55. The summed E-state index contributed by atoms with van der Waals surface area (Å²) < 4.78 is 0. The fourth-order valence-electron chi connectivity index (χ4n) is 2.71. The third-order valence-corrected chi connectivity index (χ3v) is 4.02. The lowest BCUT2D eigenvalue weighted by Crippen LogP contribution is -2.17. The van der Waals surface area contributed by atoms with Crippen LogP contribution in [0.2, 0.25) is 0 Å². The van der Waals surface area contributed by atoms with E-state index in [2.05, 4.69) is 24.3 Å². The number of aliphatic hydroxyl groups is 1. The molecule has 138 valence electrons. The van der Waals surface area contributed by atoms with Crippen molar-refractivity contribution < 1.29 is 15.3 Å². The molecule has 0 aromatic heterocycles. The topological polar surface area (TPSA) is 60.7 Å². The van der Waals surface area contributed by atoms with Crippen molar-refractivity contribution in [1.29, 1.82) is 0 Å². The van der Waals surface area contributed by atoms with Crippen LogP contribution in [-0.4, -0.2) is 20.9 Å². The minimum absolute atomic E-state index is 0.0471. The number of allylic oxidation sites excluding steroid dienone is 1. The molecule has 26 heavy (non-hydrogen) atoms. The van der Waals surface area contributed by atoms with Gasteiger partial charge in [0, 0.05) is 6.07 Å². The first-order chi connectivity index (χ1) is 12.3. The number of hydrogen-bond acceptors (Lipinski definition) is 3. The van der Waals surface area contributed by atoms with Crippen LogP contribution in [0.5, 0.6) is 11.5 Å². The summed E-state index contributed by atoms with van der Waals surface area (Å²) in [6, 6.07) is 12.7. The van der Waals surface area contributed by atoms with E-state index in [0.29, 0.717) is 0 Å². The molecule has 3 heteroatoms. The van der Waals surface area contributed by atoms with Crippen LogP contribution in [0.1, 0.15) is 56.2 Å². The maximum atomic E-state index is 9.69. The normalized spacial score (nSPS) is 12.3. The van der Waals surface area contributed by atoms with Crippen molar-refractivity contribution in [1.82, 2.24) is 0 Å². The number of benzene rings is 2. The molecule has 2 aromatic rings. The van der Waals surface area contributed by atoms with Gasteiger partial charge in [0.15, 0.2) is 0 Å². The third-order valence-electron chi connectivity index (χ3n) is 4.02. The first-order valence-corrected chi connectivity index (χ1v) is 9.02. The third kappa shape index (κ3) is 7.58. The molecule has 0 unspecified atom stereocenters. The van der Waals surface area contributed by atoms with Crippen molar-refractivity contribution in [3.05, 3.63) is 65.2 Å². The number of unbranched alkanes of at least 4 members (excludes halogenated alkanes) is 2. The van der Waals surface area contributed by atoms with Gasteiger partial charge in [0.1, 0.15) is 11.5 Å². The quantitative estimate of drug-likeness (QED) is 0.427. The molecular formula is C23H28O3. The molecule has 3 N–H and O–H groups in total. The van der Waals surface area contributed by atoms with Gasteiger partial charge in [0.05, 0.1) is 5.60 Å². The van der Waals surface area contributed by atoms with Crippen LogP contribution in [0.3, 0.4) is 0 Å². The van der Waals surface area contributed by atoms with E-state index < -0.39 is 5.60 Å². The second-order valence-electron chi connectivity index (χ2n) is 7.25. The molecule has 0 spiro atoms. The number of phenolic OH excluding ortho intramolecular Hbond substituents is 2. The number of aromatic hydroxyl groups is 2. The number of phenols is 2. The summed E-state index contributed by atoms with van der Waals surface area (Å²) in [5.41, 5.74) is 2.36. The second kappa shape index (κ2) is 9.25. The molecule has 0 aliphatic carbocycles. The van der Waals surface area contributed by atoms with Gasteiger partial charge in [0.25, 0.3) is 0 Å². The van der Waals surface area contributed by atoms with E-state index in [1.807, 2.05) is 38.1 Å². The minimum atomic E-state index is -0.573. The van der Waals surface area contributed by atoms with E-state index in [1.165, 1.54) is 6.07 Å². The summed E-state index contributed by atoms with van der Waals surface area (Å²) in [6.07, 6.45) is 12.0. The van der Waals surface area contributed by atoms with Crippen molar-refractivity contribution in [2.45, 2.75) is 45.1 Å². The zero-order valence-electron chi connectivity index (χ0n) is 15.5. The highest BCUT2D eigenvalue weighted by Gasteiger charge is 2.10. The molecule has 0 radical (unpaired) electrons. The standard InChI is InChI=1S/C23H28O3/c1-23(2,26)13-6-4-3-5-8-18-9-7-10-19(14-18)11-12-20-15-21(24)17-22(25)16-20/h5,7-12,14-17,24-26H,3-4,6,13H2,1-2H3. The largest absolute Gasteiger partial charge is 0.508 e. The Bertz CT molecular complexity index is 747. The molecule has 0 saturated carbocycles. The van der Waals surface area contributed by atoms with Gasteiger partial charge in [-0.2, -0.15) is 0 Å². The Morgan fingerprint density at radius 3 is 2.08 bits per heavy atom. The van der Waals surface area contributed by atoms with Crippen molar-refractivity contribution in [2.75, 3.05) is 0 Å². The predicted octanol–water partition coefficient (Wildman–Crippen LogP) is 5.61. The molecule has 0 amide bonds. The Hall–Kier alpha value is -2.52. The number of rotatable bonds is 8. The van der Waals surface area contributed by atoms with Gasteiger partial charge >= 0.3 is 0 Å². The highest BCUT2D eigenvalue weighted by atomic mass is 16.3. The molecule has 2 aromatic carbocycles. The Morgan fingerprint density at radius 2 is 1.42 bits per heavy atom. The van der Waals surface area contributed by atoms with Gasteiger partial charge in [-0.1, -0.05) is 48.9 Å². The molecular weight excluding hydrogens is 324 g/mol. The molecule has 0 bridgehead atoms. The van der Waals surface area contributed by atoms with E-state index in [4.69, 9.17) is 0 Å². The summed E-state index contributed by atoms with van der Waals surface area (Å²) in [5.74, 6) is 0.0943. The fourth-order valence-corrected chi connectivity index (χ4v) is 2.71. The first kappa shape index (κ1) is 19.8. The molecule has 3 nitrogen and oxygen atoms in total. The molecule has 0 fully saturated rings. The highest BCUT2D eigenvalue weighted by Crippen LogP contribution is 2.22. The lowest BCUT2D eigenvalue weighted by Gasteiger charge is -2.15. The van der Waals surface area contributed by atoms with Crippen LogP contribution < -0.4 is 0 Å². The van der Waals surface area contributed by atoms with Crippen LogP contribution in [0.25, 0.3) is 18.2 Å². The lowest BCUT2D eigenvalue weighted by molar-refractivity contribution is 0.0683. The smallest absolute Gasteiger partial charge is 0.119 e. The van der Waals surface area contributed by atoms with Gasteiger partial charge < -0.3 is 15.3 Å². The van der Waals surface area contributed by atoms with Crippen molar-refractivity contribution in [3.63, 3.8) is 0 Å². The molecule has 0 aliphatic heterocycles. The summed E-state index contributed by atoms with van der Waals surface area (Å²) in [7, 11) is 0. The SMILES string of the molecule is CC(C)(O)CCCCC=Cc1cccc(C=Cc2cc(O)cc(O)c2)c1. The van der Waals surface area contributed by atoms with Gasteiger partial charge in [-0.15, -0.1) is 0 Å².